The van der Waals surface area contributed by atoms with E-state index in [4.69, 9.17) is 18.0 Å². The lowest BCUT2D eigenvalue weighted by molar-refractivity contribution is -0.128. The van der Waals surface area contributed by atoms with Crippen LogP contribution in [0.2, 0.25) is 55.9 Å². The van der Waals surface area contributed by atoms with Gasteiger partial charge in [0.15, 0.2) is 25.0 Å². The number of alkyl halides is 2. The zero-order valence-electron chi connectivity index (χ0n) is 67.9. The van der Waals surface area contributed by atoms with Gasteiger partial charge in [0, 0.05) is 55.2 Å². The molecule has 5 fully saturated rings. The van der Waals surface area contributed by atoms with E-state index in [0.29, 0.717) is 60.1 Å². The van der Waals surface area contributed by atoms with Gasteiger partial charge in [-0.3, -0.25) is 4.79 Å². The summed E-state index contributed by atoms with van der Waals surface area (Å²) >= 11 is 0. The largest absolute Gasteiger partial charge is 0.413 e. The molecule has 2 unspecified atom stereocenters. The molecular formula is C89H141F2O7PSi3. The molecule has 0 bridgehead atoms. The number of allylic oxidation sites excluding steroid dienone is 12. The predicted molar refractivity (Wildman–Crippen MR) is 440 cm³/mol. The molecule has 9 rings (SSSR count). The molecule has 2 aromatic rings. The van der Waals surface area contributed by atoms with E-state index in [0.717, 1.165) is 112 Å². The number of rotatable bonds is 23. The van der Waals surface area contributed by atoms with E-state index in [1.807, 2.05) is 86.7 Å². The molecule has 1 aliphatic heterocycles. The number of benzene rings is 2. The molecule has 0 radical (unpaired) electrons. The molecular weight excluding hydrogens is 1330 g/mol. The van der Waals surface area contributed by atoms with Crippen molar-refractivity contribution in [2.24, 2.45) is 34.5 Å². The maximum absolute atomic E-state index is 15.1. The number of hydrogen-bond donors (Lipinski definition) is 1. The van der Waals surface area contributed by atoms with Crippen molar-refractivity contribution in [3.8, 4) is 0 Å². The fraction of sp³-hybridized carbons (Fsp3) is 0.652. The standard InChI is InChI=1S/C35H57FO2Si.C27H36FO2PSi.C23H40O2Si.C4H8O/c1-11-35(37,12-2)22-13-15-25(3)30-19-20-31-27(16-14-21-34(30,31)8)17-18-28-23-29(24-32(36)26(28)4)38-39(9,10)33(5,6)7;1-21-22(19-23(20-26(21)28)30-32(5,6)27(2,3)4)17-18-31(29,24-13-9-7-10-14-24)25-15-11-8-12-16-25;1-8-23(9-2,25-26(5,6)7)17-10-12-18(3)19-14-15-20-21(24)13-11-16-22(19,20)4;1-2-4-5-3-1/h13,17-19,22,25,29,31-32,37H,4,11-12,14-16,20-21,23-24H2,1-3,5-10H3;7-17,23,26H,1,18-20H2,2-6H3;10,14,17-18,20H,8-9,11-13,15-16H2,1-7H3;1-4H2/b22-13+,27-17+,28-18-;22-17-;17-10+;/t25-,29+,31?,32-,34+;23-,26+;18-,20?,22+;/m010./s1. The highest BCUT2D eigenvalue weighted by Crippen LogP contribution is 2.58. The Bertz CT molecular complexity index is 3290. The minimum Gasteiger partial charge on any atom is -0.413 e. The van der Waals surface area contributed by atoms with Crippen LogP contribution < -0.4 is 10.6 Å². The Morgan fingerprint density at radius 2 is 1.08 bits per heavy atom. The summed E-state index contributed by atoms with van der Waals surface area (Å²) in [6.07, 6.45) is 37.1. The second-order valence-corrected chi connectivity index (χ2v) is 52.5. The lowest BCUT2D eigenvalue weighted by atomic mass is 9.62. The fourth-order valence-electron chi connectivity index (χ4n) is 16.4. The van der Waals surface area contributed by atoms with E-state index in [9.17, 15) is 18.9 Å². The van der Waals surface area contributed by atoms with Crippen LogP contribution in [0.4, 0.5) is 8.78 Å². The maximum Gasteiger partial charge on any atom is 0.192 e. The molecule has 7 aliphatic rings. The normalized spacial score (nSPS) is 27.3. The second-order valence-electron chi connectivity index (χ2n) is 35.7. The Hall–Kier alpha value is -3.69. The van der Waals surface area contributed by atoms with Crippen LogP contribution in [0.15, 0.2) is 168 Å². The van der Waals surface area contributed by atoms with Crippen LogP contribution in [0.25, 0.3) is 0 Å². The summed E-state index contributed by atoms with van der Waals surface area (Å²) in [5, 5.41) is 12.4. The first kappa shape index (κ1) is 87.2. The number of carbonyl (C=O) groups excluding carboxylic acids is 1. The molecule has 13 heteroatoms. The molecule has 0 spiro atoms. The third-order valence-electron chi connectivity index (χ3n) is 25.2. The monoisotopic (exact) mass is 1470 g/mol. The van der Waals surface area contributed by atoms with Crippen LogP contribution in [0.3, 0.4) is 0 Å². The number of aliphatic hydroxyl groups is 1. The van der Waals surface area contributed by atoms with E-state index >= 15 is 4.39 Å². The number of carbonyl (C=O) groups is 1. The van der Waals surface area contributed by atoms with Crippen molar-refractivity contribution in [2.45, 2.75) is 317 Å². The molecule has 102 heavy (non-hydrogen) atoms. The molecule has 6 aliphatic carbocycles. The number of fused-ring (bicyclic) bond motifs is 2. The lowest BCUT2D eigenvalue weighted by Crippen LogP contribution is -2.45. The van der Waals surface area contributed by atoms with Gasteiger partial charge in [0.1, 0.15) is 25.3 Å². The summed E-state index contributed by atoms with van der Waals surface area (Å²) in [6.45, 7) is 57.2. The van der Waals surface area contributed by atoms with Crippen molar-refractivity contribution in [2.75, 3.05) is 19.4 Å². The topological polar surface area (TPSA) is 91.3 Å². The number of Topliss-reactive ketones (excluding diaryl/α,β-unsaturated/α-hetero) is 1. The van der Waals surface area contributed by atoms with Crippen LogP contribution in [0.5, 0.6) is 0 Å². The van der Waals surface area contributed by atoms with E-state index < -0.39 is 50.0 Å². The van der Waals surface area contributed by atoms with Gasteiger partial charge in [-0.05, 0) is 216 Å². The quantitative estimate of drug-likeness (QED) is 0.0673. The van der Waals surface area contributed by atoms with Crippen molar-refractivity contribution >= 4 is 48.5 Å². The average Bonchev–Trinajstić information content (AvgIpc) is 1.59. The van der Waals surface area contributed by atoms with Crippen LogP contribution >= 0.6 is 7.14 Å². The SMILES string of the molecule is C1CCOC1.C=C1/C(=C\C=C2/CCC[C@]3(C)C([C@@H](C)C/C=C/C(O)(CC)CC)=CCC23)C[C@@H](O[Si](C)(C)C(C)(C)C)C[C@@H]1F.C=C1/C(=C\CP(=O)(c2ccccc2)c2ccccc2)C[C@@H](O[Si](C)(C)C(C)(C)C)C[C@@H]1F.CCC(/C=C/C[C@H](C)C1=CCC2C(=O)CCC[C@]12C)(CC)O[Si](C)(C)C. The molecule has 0 amide bonds. The Labute approximate surface area is 624 Å². The van der Waals surface area contributed by atoms with Crippen LogP contribution in [0.1, 0.15) is 225 Å². The first-order valence-corrected chi connectivity index (χ1v) is 50.8. The third-order valence-corrected chi connectivity index (χ3v) is 38.2. The van der Waals surface area contributed by atoms with E-state index in [1.54, 1.807) is 5.57 Å². The molecule has 570 valence electrons. The summed E-state index contributed by atoms with van der Waals surface area (Å²) < 4.78 is 69.0. The zero-order valence-corrected chi connectivity index (χ0v) is 71.8. The van der Waals surface area contributed by atoms with Gasteiger partial charge in [-0.15, -0.1) is 0 Å². The molecule has 10 atom stereocenters. The van der Waals surface area contributed by atoms with Gasteiger partial charge in [-0.2, -0.15) is 0 Å². The summed E-state index contributed by atoms with van der Waals surface area (Å²) in [7, 11) is -8.46. The number of ether oxygens (including phenoxy) is 1. The predicted octanol–water partition coefficient (Wildman–Crippen LogP) is 24.7. The summed E-state index contributed by atoms with van der Waals surface area (Å²) in [6, 6.07) is 19.2. The fourth-order valence-corrected chi connectivity index (χ4v) is 23.2. The molecule has 0 aromatic heterocycles. The zero-order chi connectivity index (χ0) is 75.9. The molecule has 2 aromatic carbocycles. The first-order chi connectivity index (χ1) is 47.6. The van der Waals surface area contributed by atoms with Crippen LogP contribution in [-0.2, 0) is 27.4 Å². The minimum atomic E-state index is -2.90. The molecule has 1 heterocycles. The van der Waals surface area contributed by atoms with Gasteiger partial charge in [-0.1, -0.05) is 242 Å². The van der Waals surface area contributed by atoms with Crippen molar-refractivity contribution in [3.05, 3.63) is 168 Å². The first-order valence-electron chi connectivity index (χ1n) is 39.7. The Kier molecular flexibility index (Phi) is 31.6. The third kappa shape index (κ3) is 22.7. The van der Waals surface area contributed by atoms with Crippen molar-refractivity contribution in [1.29, 1.82) is 0 Å². The minimum absolute atomic E-state index is 0.0630. The van der Waals surface area contributed by atoms with Gasteiger partial charge in [-0.25, -0.2) is 8.78 Å². The number of ketones is 1. The number of halogens is 2. The van der Waals surface area contributed by atoms with E-state index in [-0.39, 0.29) is 44.6 Å². The summed E-state index contributed by atoms with van der Waals surface area (Å²) in [5.41, 5.74) is 7.16. The van der Waals surface area contributed by atoms with Gasteiger partial charge in [0.2, 0.25) is 0 Å². The second kappa shape index (κ2) is 36.9. The summed E-state index contributed by atoms with van der Waals surface area (Å²) in [5.74, 6) is 2.23. The molecule has 1 N–H and O–H groups in total. The smallest absolute Gasteiger partial charge is 0.192 e. The molecule has 4 saturated carbocycles. The van der Waals surface area contributed by atoms with Crippen LogP contribution in [-0.4, -0.2) is 91.0 Å². The number of hydrogen-bond acceptors (Lipinski definition) is 7. The Morgan fingerprint density at radius 1 is 0.637 bits per heavy atom. The van der Waals surface area contributed by atoms with Crippen molar-refractivity contribution in [1.82, 2.24) is 0 Å². The molecule has 1 saturated heterocycles. The van der Waals surface area contributed by atoms with E-state index in [2.05, 4.69) is 185 Å². The van der Waals surface area contributed by atoms with Crippen molar-refractivity contribution in [3.63, 3.8) is 0 Å². The van der Waals surface area contributed by atoms with Crippen molar-refractivity contribution < 1.29 is 41.3 Å². The highest BCUT2D eigenvalue weighted by Gasteiger charge is 2.49. The summed E-state index contributed by atoms with van der Waals surface area (Å²) in [4.78, 5) is 12.3. The van der Waals surface area contributed by atoms with Gasteiger partial charge < -0.3 is 27.7 Å². The average molecular weight is 1480 g/mol. The highest BCUT2D eigenvalue weighted by atomic mass is 31.2. The maximum atomic E-state index is 15.1. The Balaban J connectivity index is 0.000000236. The lowest BCUT2D eigenvalue weighted by Gasteiger charge is -2.42. The molecule has 7 nitrogen and oxygen atoms in total. The van der Waals surface area contributed by atoms with E-state index in [1.165, 1.54) is 43.3 Å². The van der Waals surface area contributed by atoms with Gasteiger partial charge in [0.25, 0.3) is 0 Å². The van der Waals surface area contributed by atoms with Gasteiger partial charge in [0.05, 0.1) is 23.4 Å². The van der Waals surface area contributed by atoms with Gasteiger partial charge >= 0.3 is 0 Å². The Morgan fingerprint density at radius 3 is 1.52 bits per heavy atom. The van der Waals surface area contributed by atoms with Crippen LogP contribution in [0, 0.1) is 34.5 Å². The highest BCUT2D eigenvalue weighted by molar-refractivity contribution is 7.78.